The predicted molar refractivity (Wildman–Crippen MR) is 51.2 cm³/mol. The molecule has 0 saturated heterocycles. The first-order valence-corrected chi connectivity index (χ1v) is 3.97. The lowest BCUT2D eigenvalue weighted by Gasteiger charge is -2.01. The van der Waals surface area contributed by atoms with Gasteiger partial charge in [0.1, 0.15) is 5.49 Å². The fourth-order valence-electron chi connectivity index (χ4n) is 1.04. The average Bonchev–Trinajstić information content (AvgIpc) is 2.08. The van der Waals surface area contributed by atoms with Crippen molar-refractivity contribution in [3.05, 3.63) is 42.2 Å². The Morgan fingerprint density at radius 1 is 1.62 bits per heavy atom. The third-order valence-electron chi connectivity index (χ3n) is 1.74. The fraction of sp³-hybridized carbons (Fsp3) is 0.200. The number of nitrogens with zero attached hydrogens (tertiary/aromatic N) is 2. The van der Waals surface area contributed by atoms with Crippen LogP contribution in [0.25, 0.3) is 0 Å². The third-order valence-corrected chi connectivity index (χ3v) is 1.74. The van der Waals surface area contributed by atoms with E-state index in [4.69, 9.17) is 0 Å². The Morgan fingerprint density at radius 2 is 2.31 bits per heavy atom. The van der Waals surface area contributed by atoms with Crippen molar-refractivity contribution in [2.75, 3.05) is 0 Å². The van der Waals surface area contributed by atoms with Gasteiger partial charge in [-0.2, -0.15) is 0 Å². The van der Waals surface area contributed by atoms with Crippen molar-refractivity contribution in [2.45, 2.75) is 6.92 Å². The minimum absolute atomic E-state index is 0.0563. The standard InChI is InChI=1S/C10H12N2O/c1-4-11-10-6-5-9(8(2)13)7-12(10)3/h4-7H,1H2,2-3H3/b11-10-. The van der Waals surface area contributed by atoms with Gasteiger partial charge in [-0.3, -0.25) is 4.79 Å². The minimum atomic E-state index is 0.0563. The highest BCUT2D eigenvalue weighted by molar-refractivity contribution is 5.93. The van der Waals surface area contributed by atoms with Crippen LogP contribution in [0.5, 0.6) is 0 Å². The van der Waals surface area contributed by atoms with Crippen molar-refractivity contribution in [2.24, 2.45) is 12.0 Å². The molecule has 0 amide bonds. The summed E-state index contributed by atoms with van der Waals surface area (Å²) in [5, 5.41) is 0. The van der Waals surface area contributed by atoms with Crippen molar-refractivity contribution in [3.8, 4) is 0 Å². The van der Waals surface area contributed by atoms with Crippen LogP contribution in [0.1, 0.15) is 17.3 Å². The van der Waals surface area contributed by atoms with Crippen LogP contribution in [-0.2, 0) is 7.05 Å². The van der Waals surface area contributed by atoms with Gasteiger partial charge in [0, 0.05) is 25.0 Å². The van der Waals surface area contributed by atoms with E-state index in [1.54, 1.807) is 29.8 Å². The molecule has 3 heteroatoms. The molecule has 0 bridgehead atoms. The molecule has 0 radical (unpaired) electrons. The van der Waals surface area contributed by atoms with Crippen LogP contribution in [0.2, 0.25) is 0 Å². The number of rotatable bonds is 2. The van der Waals surface area contributed by atoms with Gasteiger partial charge < -0.3 is 4.57 Å². The maximum atomic E-state index is 11.0. The first-order chi connectivity index (χ1) is 6.15. The van der Waals surface area contributed by atoms with Crippen molar-refractivity contribution in [3.63, 3.8) is 0 Å². The highest BCUT2D eigenvalue weighted by atomic mass is 16.1. The summed E-state index contributed by atoms with van der Waals surface area (Å²) in [7, 11) is 1.84. The van der Waals surface area contributed by atoms with Crippen LogP contribution in [-0.4, -0.2) is 10.4 Å². The Hall–Kier alpha value is -1.64. The van der Waals surface area contributed by atoms with Crippen LogP contribution in [0.3, 0.4) is 0 Å². The molecule has 1 rings (SSSR count). The first kappa shape index (κ1) is 9.45. The molecule has 0 aliphatic heterocycles. The molecule has 0 unspecified atom stereocenters. The molecular weight excluding hydrogens is 164 g/mol. The monoisotopic (exact) mass is 176 g/mol. The number of hydrogen-bond donors (Lipinski definition) is 0. The quantitative estimate of drug-likeness (QED) is 0.625. The van der Waals surface area contributed by atoms with E-state index in [2.05, 4.69) is 11.6 Å². The second-order valence-corrected chi connectivity index (χ2v) is 2.75. The van der Waals surface area contributed by atoms with Crippen LogP contribution in [0, 0.1) is 0 Å². The van der Waals surface area contributed by atoms with Gasteiger partial charge in [0.2, 0.25) is 0 Å². The second kappa shape index (κ2) is 3.85. The number of pyridine rings is 1. The molecule has 68 valence electrons. The lowest BCUT2D eigenvalue weighted by atomic mass is 10.2. The summed E-state index contributed by atoms with van der Waals surface area (Å²) in [6.07, 6.45) is 3.23. The van der Waals surface area contributed by atoms with Gasteiger partial charge in [-0.1, -0.05) is 6.58 Å². The van der Waals surface area contributed by atoms with Crippen LogP contribution in [0.4, 0.5) is 0 Å². The smallest absolute Gasteiger partial charge is 0.161 e. The molecule has 0 aliphatic carbocycles. The van der Waals surface area contributed by atoms with Crippen molar-refractivity contribution < 1.29 is 4.79 Å². The summed E-state index contributed by atoms with van der Waals surface area (Å²) in [4.78, 5) is 15.0. The highest BCUT2D eigenvalue weighted by Gasteiger charge is 1.98. The molecule has 0 N–H and O–H groups in total. The molecule has 1 aromatic heterocycles. The van der Waals surface area contributed by atoms with Gasteiger partial charge in [0.05, 0.1) is 0 Å². The molecule has 0 atom stereocenters. The summed E-state index contributed by atoms with van der Waals surface area (Å²) < 4.78 is 1.79. The highest BCUT2D eigenvalue weighted by Crippen LogP contribution is 1.95. The summed E-state index contributed by atoms with van der Waals surface area (Å²) in [5.74, 6) is 0.0563. The second-order valence-electron chi connectivity index (χ2n) is 2.75. The van der Waals surface area contributed by atoms with Gasteiger partial charge in [-0.25, -0.2) is 4.99 Å². The number of aromatic nitrogens is 1. The zero-order chi connectivity index (χ0) is 9.84. The van der Waals surface area contributed by atoms with Crippen LogP contribution in [0.15, 0.2) is 36.1 Å². The summed E-state index contributed by atoms with van der Waals surface area (Å²) >= 11 is 0. The Balaban J connectivity index is 3.28. The van der Waals surface area contributed by atoms with E-state index in [1.165, 1.54) is 6.20 Å². The number of carbonyl (C=O) groups excluding carboxylic acids is 1. The normalized spacial score (nSPS) is 11.4. The maximum absolute atomic E-state index is 11.0. The SMILES string of the molecule is C=C/N=c1/ccc(C(C)=O)cn1C. The maximum Gasteiger partial charge on any atom is 0.161 e. The van der Waals surface area contributed by atoms with E-state index in [1.807, 2.05) is 7.05 Å². The molecule has 0 spiro atoms. The molecule has 1 aromatic rings. The van der Waals surface area contributed by atoms with E-state index < -0.39 is 0 Å². The predicted octanol–water partition coefficient (Wildman–Crippen LogP) is 1.27. The van der Waals surface area contributed by atoms with Gasteiger partial charge in [0.25, 0.3) is 0 Å². The Morgan fingerprint density at radius 3 is 2.77 bits per heavy atom. The van der Waals surface area contributed by atoms with Crippen LogP contribution < -0.4 is 5.49 Å². The molecule has 13 heavy (non-hydrogen) atoms. The molecule has 0 aromatic carbocycles. The van der Waals surface area contributed by atoms with Gasteiger partial charge >= 0.3 is 0 Å². The number of ketones is 1. The Kier molecular flexibility index (Phi) is 2.80. The number of carbonyl (C=O) groups is 1. The third kappa shape index (κ3) is 2.15. The Bertz CT molecular complexity index is 402. The van der Waals surface area contributed by atoms with E-state index in [9.17, 15) is 4.79 Å². The molecule has 0 saturated carbocycles. The van der Waals surface area contributed by atoms with E-state index in [0.717, 1.165) is 5.49 Å². The van der Waals surface area contributed by atoms with Crippen LogP contribution >= 0.6 is 0 Å². The lowest BCUT2D eigenvalue weighted by Crippen LogP contribution is -2.17. The number of aryl methyl sites for hydroxylation is 1. The van der Waals surface area contributed by atoms with Gasteiger partial charge in [0.15, 0.2) is 5.78 Å². The summed E-state index contributed by atoms with van der Waals surface area (Å²) in [5.41, 5.74) is 1.46. The van der Waals surface area contributed by atoms with Gasteiger partial charge in [-0.05, 0) is 19.1 Å². The Labute approximate surface area is 77.1 Å². The minimum Gasteiger partial charge on any atom is -0.335 e. The number of hydrogen-bond acceptors (Lipinski definition) is 2. The van der Waals surface area contributed by atoms with Crippen molar-refractivity contribution in [1.29, 1.82) is 0 Å². The van der Waals surface area contributed by atoms with Gasteiger partial charge in [-0.15, -0.1) is 0 Å². The molecule has 0 fully saturated rings. The molecule has 1 heterocycles. The van der Waals surface area contributed by atoms with E-state index >= 15 is 0 Å². The van der Waals surface area contributed by atoms with Crippen molar-refractivity contribution in [1.82, 2.24) is 4.57 Å². The largest absolute Gasteiger partial charge is 0.335 e. The topological polar surface area (TPSA) is 34.4 Å². The molecular formula is C10H12N2O. The fourth-order valence-corrected chi connectivity index (χ4v) is 1.04. The van der Waals surface area contributed by atoms with E-state index in [0.29, 0.717) is 5.56 Å². The summed E-state index contributed by atoms with van der Waals surface area (Å²) in [6.45, 7) is 5.05. The summed E-state index contributed by atoms with van der Waals surface area (Å²) in [6, 6.07) is 3.54. The first-order valence-electron chi connectivity index (χ1n) is 3.97. The zero-order valence-electron chi connectivity index (χ0n) is 7.82. The van der Waals surface area contributed by atoms with Crippen molar-refractivity contribution >= 4 is 5.78 Å². The molecule has 3 nitrogen and oxygen atoms in total. The van der Waals surface area contributed by atoms with E-state index in [-0.39, 0.29) is 5.78 Å². The lowest BCUT2D eigenvalue weighted by molar-refractivity contribution is 0.101. The number of Topliss-reactive ketones (excluding diaryl/α,β-unsaturated/α-hetero) is 1. The average molecular weight is 176 g/mol. The zero-order valence-corrected chi connectivity index (χ0v) is 7.82. The molecule has 0 aliphatic rings.